The van der Waals surface area contributed by atoms with Crippen molar-refractivity contribution in [2.45, 2.75) is 69.4 Å². The Balaban J connectivity index is 1.60. The average Bonchev–Trinajstić information content (AvgIpc) is 3.20. The number of fused-ring (bicyclic) bond motifs is 1. The van der Waals surface area contributed by atoms with E-state index in [2.05, 4.69) is 0 Å². The van der Waals surface area contributed by atoms with Crippen LogP contribution in [0.4, 0.5) is 8.78 Å². The van der Waals surface area contributed by atoms with Crippen LogP contribution in [0.3, 0.4) is 0 Å². The molecular weight excluding hydrogens is 436 g/mol. The standard InChI is InChI=1S/C24H29F2NO4S/c25-24(26,21-16-17-8-4-5-10-19(17)32-21)20(28)14-13-18-9-7-11-22(29)27(18)15-6-2-1-3-12-23(30)31/h4-5,8,10,13-14,16,18,20,28H,1-3,6-7,9,11-12,15H2,(H,30,31)/b14-13+/t18-,20-/m1/s1. The van der Waals surface area contributed by atoms with Crippen molar-refractivity contribution in [3.8, 4) is 0 Å². The van der Waals surface area contributed by atoms with Crippen LogP contribution in [-0.2, 0) is 15.5 Å². The Morgan fingerprint density at radius 2 is 2.00 bits per heavy atom. The normalized spacial score (nSPS) is 18.5. The minimum Gasteiger partial charge on any atom is -0.481 e. The predicted octanol–water partition coefficient (Wildman–Crippen LogP) is 5.33. The summed E-state index contributed by atoms with van der Waals surface area (Å²) in [6.45, 7) is 0.504. The van der Waals surface area contributed by atoms with Crippen LogP contribution in [0.5, 0.6) is 0 Å². The second-order valence-corrected chi connectivity index (χ2v) is 9.29. The summed E-state index contributed by atoms with van der Waals surface area (Å²) < 4.78 is 30.5. The first-order valence-corrected chi connectivity index (χ1v) is 11.8. The smallest absolute Gasteiger partial charge is 0.311 e. The van der Waals surface area contributed by atoms with Crippen molar-refractivity contribution in [2.75, 3.05) is 6.54 Å². The van der Waals surface area contributed by atoms with Crippen LogP contribution in [-0.4, -0.2) is 45.7 Å². The van der Waals surface area contributed by atoms with Crippen molar-refractivity contribution in [1.29, 1.82) is 0 Å². The van der Waals surface area contributed by atoms with E-state index < -0.39 is 18.0 Å². The SMILES string of the molecule is O=C(O)CCCCCCN1C(=O)CCC[C@@H]1/C=C/[C@@H](O)C(F)(F)c1cc2ccccc2s1. The van der Waals surface area contributed by atoms with Crippen LogP contribution >= 0.6 is 11.3 Å². The van der Waals surface area contributed by atoms with Gasteiger partial charge in [-0.1, -0.05) is 43.2 Å². The molecule has 0 spiro atoms. The van der Waals surface area contributed by atoms with Gasteiger partial charge < -0.3 is 15.1 Å². The number of amides is 1. The number of aliphatic hydroxyl groups is 1. The fourth-order valence-electron chi connectivity index (χ4n) is 4.00. The molecule has 174 valence electrons. The zero-order valence-corrected chi connectivity index (χ0v) is 18.7. The molecule has 0 aliphatic carbocycles. The Morgan fingerprint density at radius 1 is 1.25 bits per heavy atom. The number of thiophene rings is 1. The number of aliphatic hydroxyl groups excluding tert-OH is 1. The number of carboxylic acids is 1. The minimum atomic E-state index is -3.42. The number of rotatable bonds is 11. The van der Waals surface area contributed by atoms with Gasteiger partial charge in [0.2, 0.25) is 5.91 Å². The second kappa shape index (κ2) is 11.0. The molecule has 2 atom stereocenters. The van der Waals surface area contributed by atoms with E-state index in [4.69, 9.17) is 5.11 Å². The predicted molar refractivity (Wildman–Crippen MR) is 121 cm³/mol. The number of carbonyl (C=O) groups excluding carboxylic acids is 1. The van der Waals surface area contributed by atoms with Crippen LogP contribution in [0.1, 0.15) is 56.2 Å². The molecule has 0 radical (unpaired) electrons. The van der Waals surface area contributed by atoms with Crippen LogP contribution < -0.4 is 0 Å². The molecule has 1 aliphatic heterocycles. The quantitative estimate of drug-likeness (QED) is 0.348. The van der Waals surface area contributed by atoms with Crippen LogP contribution in [0.15, 0.2) is 42.5 Å². The van der Waals surface area contributed by atoms with Gasteiger partial charge in [0, 0.05) is 24.1 Å². The molecule has 0 bridgehead atoms. The summed E-state index contributed by atoms with van der Waals surface area (Å²) in [4.78, 5) is 24.5. The number of aliphatic carboxylic acids is 1. The molecule has 1 saturated heterocycles. The summed E-state index contributed by atoms with van der Waals surface area (Å²) in [7, 11) is 0. The third kappa shape index (κ3) is 6.13. The van der Waals surface area contributed by atoms with Gasteiger partial charge in [0.25, 0.3) is 0 Å². The zero-order chi connectivity index (χ0) is 23.1. The van der Waals surface area contributed by atoms with Gasteiger partial charge in [0.1, 0.15) is 6.10 Å². The number of hydrogen-bond acceptors (Lipinski definition) is 4. The maximum absolute atomic E-state index is 14.9. The van der Waals surface area contributed by atoms with E-state index >= 15 is 0 Å². The minimum absolute atomic E-state index is 0.0119. The van der Waals surface area contributed by atoms with Gasteiger partial charge in [-0.15, -0.1) is 11.3 Å². The first-order valence-electron chi connectivity index (χ1n) is 11.0. The number of piperidine rings is 1. The average molecular weight is 466 g/mol. The summed E-state index contributed by atoms with van der Waals surface area (Å²) in [5.41, 5.74) is 0. The van der Waals surface area contributed by atoms with Crippen molar-refractivity contribution in [2.24, 2.45) is 0 Å². The molecule has 32 heavy (non-hydrogen) atoms. The highest BCUT2D eigenvalue weighted by Gasteiger charge is 2.41. The molecule has 5 nitrogen and oxygen atoms in total. The van der Waals surface area contributed by atoms with Crippen molar-refractivity contribution in [1.82, 2.24) is 4.90 Å². The lowest BCUT2D eigenvalue weighted by Crippen LogP contribution is -2.43. The van der Waals surface area contributed by atoms with E-state index in [1.165, 1.54) is 12.1 Å². The molecule has 1 fully saturated rings. The van der Waals surface area contributed by atoms with Gasteiger partial charge in [-0.05, 0) is 43.2 Å². The van der Waals surface area contributed by atoms with Gasteiger partial charge in [-0.3, -0.25) is 9.59 Å². The lowest BCUT2D eigenvalue weighted by Gasteiger charge is -2.34. The first kappa shape index (κ1) is 24.3. The molecule has 2 aromatic rings. The molecule has 1 amide bonds. The third-order valence-electron chi connectivity index (χ3n) is 5.79. The number of nitrogens with zero attached hydrogens (tertiary/aromatic N) is 1. The van der Waals surface area contributed by atoms with Gasteiger partial charge in [-0.25, -0.2) is 0 Å². The second-order valence-electron chi connectivity index (χ2n) is 8.21. The highest BCUT2D eigenvalue weighted by Crippen LogP contribution is 2.40. The summed E-state index contributed by atoms with van der Waals surface area (Å²) >= 11 is 0.969. The fourth-order valence-corrected chi connectivity index (χ4v) is 5.07. The molecule has 8 heteroatoms. The van der Waals surface area contributed by atoms with Crippen molar-refractivity contribution >= 4 is 33.3 Å². The molecule has 2 N–H and O–H groups in total. The maximum Gasteiger partial charge on any atom is 0.311 e. The molecule has 0 saturated carbocycles. The molecular formula is C24H29F2NO4S. The van der Waals surface area contributed by atoms with E-state index in [1.54, 1.807) is 29.2 Å². The summed E-state index contributed by atoms with van der Waals surface area (Å²) in [6, 6.07) is 8.21. The van der Waals surface area contributed by atoms with Gasteiger partial charge in [0.05, 0.1) is 10.9 Å². The highest BCUT2D eigenvalue weighted by molar-refractivity contribution is 7.19. The topological polar surface area (TPSA) is 77.8 Å². The summed E-state index contributed by atoms with van der Waals surface area (Å²) in [5.74, 6) is -4.25. The third-order valence-corrected chi connectivity index (χ3v) is 6.99. The van der Waals surface area contributed by atoms with E-state index in [0.29, 0.717) is 32.2 Å². The van der Waals surface area contributed by atoms with E-state index in [-0.39, 0.29) is 23.2 Å². The Morgan fingerprint density at radius 3 is 2.75 bits per heavy atom. The lowest BCUT2D eigenvalue weighted by atomic mass is 9.99. The number of carboxylic acid groups (broad SMARTS) is 1. The van der Waals surface area contributed by atoms with Gasteiger partial charge in [0.15, 0.2) is 0 Å². The van der Waals surface area contributed by atoms with E-state index in [0.717, 1.165) is 46.8 Å². The Kier molecular flexibility index (Phi) is 8.37. The van der Waals surface area contributed by atoms with Crippen molar-refractivity contribution in [3.63, 3.8) is 0 Å². The Bertz CT molecular complexity index is 925. The van der Waals surface area contributed by atoms with Gasteiger partial charge in [-0.2, -0.15) is 8.78 Å². The van der Waals surface area contributed by atoms with E-state index in [1.807, 2.05) is 0 Å². The van der Waals surface area contributed by atoms with Crippen LogP contribution in [0.25, 0.3) is 10.1 Å². The maximum atomic E-state index is 14.9. The largest absolute Gasteiger partial charge is 0.481 e. The number of unbranched alkanes of at least 4 members (excludes halogenated alkanes) is 3. The zero-order valence-electron chi connectivity index (χ0n) is 17.9. The van der Waals surface area contributed by atoms with Crippen molar-refractivity contribution < 1.29 is 28.6 Å². The number of likely N-dealkylation sites (tertiary alicyclic amines) is 1. The monoisotopic (exact) mass is 465 g/mol. The molecule has 1 aromatic carbocycles. The molecule has 2 heterocycles. The number of halogens is 2. The summed E-state index contributed by atoms with van der Waals surface area (Å²) in [6.07, 6.45) is 5.51. The molecule has 0 unspecified atom stereocenters. The molecule has 1 aliphatic rings. The highest BCUT2D eigenvalue weighted by atomic mass is 32.1. The van der Waals surface area contributed by atoms with E-state index in [9.17, 15) is 23.5 Å². The molecule has 1 aromatic heterocycles. The van der Waals surface area contributed by atoms with Crippen LogP contribution in [0.2, 0.25) is 0 Å². The van der Waals surface area contributed by atoms with Crippen LogP contribution in [0, 0.1) is 0 Å². The number of carbonyl (C=O) groups is 2. The summed E-state index contributed by atoms with van der Waals surface area (Å²) in [5, 5.41) is 19.7. The number of alkyl halides is 2. The molecule has 3 rings (SSSR count). The fraction of sp³-hybridized carbons (Fsp3) is 0.500. The van der Waals surface area contributed by atoms with Crippen molar-refractivity contribution in [3.05, 3.63) is 47.4 Å². The lowest BCUT2D eigenvalue weighted by molar-refractivity contribution is -0.137. The van der Waals surface area contributed by atoms with Gasteiger partial charge >= 0.3 is 11.9 Å². The number of hydrogen-bond donors (Lipinski definition) is 2. The first-order chi connectivity index (χ1) is 15.3. The Hall–Kier alpha value is -2.32. The number of benzene rings is 1. The Labute approximate surface area is 190 Å².